The Morgan fingerprint density at radius 1 is 1.03 bits per heavy atom. The number of aromatic nitrogens is 1. The van der Waals surface area contributed by atoms with Crippen LogP contribution < -0.4 is 5.32 Å². The maximum Gasteiger partial charge on any atom is 0.227 e. The number of halogens is 1. The number of rotatable bonds is 4. The molecule has 0 unspecified atom stereocenters. The summed E-state index contributed by atoms with van der Waals surface area (Å²) in [5, 5.41) is 3.14. The molecular weight excluding hydrogens is 440 g/mol. The molecule has 0 saturated heterocycles. The average molecular weight is 465 g/mol. The van der Waals surface area contributed by atoms with Gasteiger partial charge in [0.2, 0.25) is 11.8 Å². The van der Waals surface area contributed by atoms with Gasteiger partial charge in [0.1, 0.15) is 5.52 Å². The number of nitrogens with zero attached hydrogens (tertiary/aromatic N) is 1. The fourth-order valence-corrected chi connectivity index (χ4v) is 7.04. The molecule has 5 heteroatoms. The van der Waals surface area contributed by atoms with Gasteiger partial charge in [0.25, 0.3) is 0 Å². The van der Waals surface area contributed by atoms with Gasteiger partial charge in [-0.25, -0.2) is 4.98 Å². The SMILES string of the molecule is O=C(CC12CC3CC(CC(C3)C1)C2)Nc1ccc2oc(-c3ccc(Br)cc3)nc2c1. The van der Waals surface area contributed by atoms with Crippen LogP contribution >= 0.6 is 15.9 Å². The van der Waals surface area contributed by atoms with Gasteiger partial charge >= 0.3 is 0 Å². The molecule has 154 valence electrons. The molecule has 4 nitrogen and oxygen atoms in total. The average Bonchev–Trinajstić information content (AvgIpc) is 3.10. The molecule has 1 aromatic heterocycles. The molecule has 3 aromatic rings. The summed E-state index contributed by atoms with van der Waals surface area (Å²) in [6.07, 6.45) is 8.65. The lowest BCUT2D eigenvalue weighted by Crippen LogP contribution is -2.47. The Bertz CT molecular complexity index is 1080. The van der Waals surface area contributed by atoms with Crippen LogP contribution in [0, 0.1) is 23.2 Å². The van der Waals surface area contributed by atoms with Gasteiger partial charge in [-0.2, -0.15) is 0 Å². The van der Waals surface area contributed by atoms with Gasteiger partial charge in [-0.05, 0) is 104 Å². The number of benzene rings is 2. The number of oxazole rings is 1. The van der Waals surface area contributed by atoms with E-state index < -0.39 is 0 Å². The van der Waals surface area contributed by atoms with Crippen LogP contribution in [0.2, 0.25) is 0 Å². The fraction of sp³-hybridized carbons (Fsp3) is 0.440. The van der Waals surface area contributed by atoms with Crippen molar-refractivity contribution in [3.63, 3.8) is 0 Å². The molecule has 0 aliphatic heterocycles. The van der Waals surface area contributed by atoms with Crippen molar-refractivity contribution in [3.8, 4) is 11.5 Å². The summed E-state index contributed by atoms with van der Waals surface area (Å²) in [5.74, 6) is 3.34. The first-order chi connectivity index (χ1) is 14.5. The van der Waals surface area contributed by atoms with Crippen LogP contribution in [0.4, 0.5) is 5.69 Å². The summed E-state index contributed by atoms with van der Waals surface area (Å²) >= 11 is 3.45. The van der Waals surface area contributed by atoms with Gasteiger partial charge in [0.15, 0.2) is 5.58 Å². The molecule has 0 atom stereocenters. The lowest BCUT2D eigenvalue weighted by Gasteiger charge is -2.56. The number of carbonyl (C=O) groups is 1. The van der Waals surface area contributed by atoms with Crippen molar-refractivity contribution in [2.24, 2.45) is 23.2 Å². The van der Waals surface area contributed by atoms with Crippen LogP contribution in [0.15, 0.2) is 51.4 Å². The third kappa shape index (κ3) is 3.37. The van der Waals surface area contributed by atoms with Crippen molar-refractivity contribution < 1.29 is 9.21 Å². The Kier molecular flexibility index (Phi) is 4.31. The second-order valence-corrected chi connectivity index (χ2v) is 10.8. The molecule has 2 aromatic carbocycles. The van der Waals surface area contributed by atoms with E-state index in [2.05, 4.69) is 26.2 Å². The molecule has 4 bridgehead atoms. The topological polar surface area (TPSA) is 55.1 Å². The van der Waals surface area contributed by atoms with E-state index in [0.29, 0.717) is 12.3 Å². The third-order valence-electron chi connectivity index (χ3n) is 7.46. The summed E-state index contributed by atoms with van der Waals surface area (Å²) in [4.78, 5) is 17.6. The van der Waals surface area contributed by atoms with E-state index in [0.717, 1.165) is 44.6 Å². The van der Waals surface area contributed by atoms with E-state index >= 15 is 0 Å². The van der Waals surface area contributed by atoms with Gasteiger partial charge < -0.3 is 9.73 Å². The van der Waals surface area contributed by atoms with Gasteiger partial charge in [0.05, 0.1) is 0 Å². The molecule has 1 N–H and O–H groups in total. The minimum absolute atomic E-state index is 0.146. The molecule has 1 heterocycles. The summed E-state index contributed by atoms with van der Waals surface area (Å²) in [7, 11) is 0. The second-order valence-electron chi connectivity index (χ2n) is 9.85. The molecule has 1 amide bonds. The summed E-state index contributed by atoms with van der Waals surface area (Å²) in [6, 6.07) is 13.6. The molecule has 4 saturated carbocycles. The third-order valence-corrected chi connectivity index (χ3v) is 7.99. The number of hydrogen-bond acceptors (Lipinski definition) is 3. The van der Waals surface area contributed by atoms with E-state index in [1.807, 2.05) is 42.5 Å². The largest absolute Gasteiger partial charge is 0.436 e. The summed E-state index contributed by atoms with van der Waals surface area (Å²) < 4.78 is 6.93. The molecule has 0 spiro atoms. The number of amides is 1. The van der Waals surface area contributed by atoms with Crippen LogP contribution in [-0.4, -0.2) is 10.9 Å². The lowest BCUT2D eigenvalue weighted by molar-refractivity contribution is -0.124. The summed E-state index contributed by atoms with van der Waals surface area (Å²) in [5.41, 5.74) is 3.48. The van der Waals surface area contributed by atoms with E-state index in [1.165, 1.54) is 38.5 Å². The van der Waals surface area contributed by atoms with Crippen molar-refractivity contribution in [3.05, 3.63) is 46.9 Å². The fourth-order valence-electron chi connectivity index (χ4n) is 6.77. The van der Waals surface area contributed by atoms with Crippen molar-refractivity contribution in [2.75, 3.05) is 5.32 Å². The molecular formula is C25H25BrN2O2. The number of nitrogens with one attached hydrogen (secondary N) is 1. The zero-order valence-corrected chi connectivity index (χ0v) is 18.5. The highest BCUT2D eigenvalue weighted by Crippen LogP contribution is 2.61. The van der Waals surface area contributed by atoms with Gasteiger partial charge in [0, 0.05) is 22.1 Å². The Hall–Kier alpha value is -2.14. The van der Waals surface area contributed by atoms with Crippen molar-refractivity contribution in [2.45, 2.75) is 44.9 Å². The smallest absolute Gasteiger partial charge is 0.227 e. The highest BCUT2D eigenvalue weighted by atomic mass is 79.9. The van der Waals surface area contributed by atoms with Gasteiger partial charge in [-0.3, -0.25) is 4.79 Å². The van der Waals surface area contributed by atoms with Crippen molar-refractivity contribution in [1.29, 1.82) is 0 Å². The predicted octanol–water partition coefficient (Wildman–Crippen LogP) is 6.80. The first-order valence-electron chi connectivity index (χ1n) is 11.0. The van der Waals surface area contributed by atoms with Crippen molar-refractivity contribution in [1.82, 2.24) is 4.98 Å². The standard InChI is InChI=1S/C25H25BrN2O2/c26-19-3-1-18(2-4-19)24-28-21-10-20(5-6-22(21)30-24)27-23(29)14-25-11-15-7-16(12-25)9-17(8-15)13-25/h1-6,10,15-17H,7-9,11-14H2,(H,27,29). The van der Waals surface area contributed by atoms with E-state index in [1.54, 1.807) is 0 Å². The maximum absolute atomic E-state index is 12.9. The number of fused-ring (bicyclic) bond motifs is 1. The minimum atomic E-state index is 0.146. The second kappa shape index (κ2) is 6.94. The molecule has 0 radical (unpaired) electrons. The highest BCUT2D eigenvalue weighted by molar-refractivity contribution is 9.10. The van der Waals surface area contributed by atoms with Crippen LogP contribution in [0.1, 0.15) is 44.9 Å². The molecule has 4 aliphatic carbocycles. The molecule has 30 heavy (non-hydrogen) atoms. The number of carbonyl (C=O) groups excluding carboxylic acids is 1. The van der Waals surface area contributed by atoms with E-state index in [-0.39, 0.29) is 11.3 Å². The van der Waals surface area contributed by atoms with Crippen molar-refractivity contribution >= 4 is 38.6 Å². The van der Waals surface area contributed by atoms with E-state index in [9.17, 15) is 4.79 Å². The molecule has 7 rings (SSSR count). The first kappa shape index (κ1) is 18.6. The monoisotopic (exact) mass is 464 g/mol. The Labute approximate surface area is 184 Å². The Morgan fingerprint density at radius 3 is 2.37 bits per heavy atom. The Morgan fingerprint density at radius 2 is 1.70 bits per heavy atom. The molecule has 4 fully saturated rings. The van der Waals surface area contributed by atoms with Crippen LogP contribution in [-0.2, 0) is 4.79 Å². The lowest BCUT2D eigenvalue weighted by atomic mass is 9.49. The van der Waals surface area contributed by atoms with Crippen LogP contribution in [0.3, 0.4) is 0 Å². The zero-order chi connectivity index (χ0) is 20.3. The zero-order valence-electron chi connectivity index (χ0n) is 16.9. The number of hydrogen-bond donors (Lipinski definition) is 1. The minimum Gasteiger partial charge on any atom is -0.436 e. The van der Waals surface area contributed by atoms with E-state index in [4.69, 9.17) is 4.42 Å². The normalized spacial score (nSPS) is 29.4. The Balaban J connectivity index is 1.19. The quantitative estimate of drug-likeness (QED) is 0.461. The van der Waals surface area contributed by atoms with Gasteiger partial charge in [-0.15, -0.1) is 0 Å². The van der Waals surface area contributed by atoms with Crippen LogP contribution in [0.5, 0.6) is 0 Å². The first-order valence-corrected chi connectivity index (χ1v) is 11.8. The van der Waals surface area contributed by atoms with Gasteiger partial charge in [-0.1, -0.05) is 15.9 Å². The molecule has 4 aliphatic rings. The summed E-state index contributed by atoms with van der Waals surface area (Å²) in [6.45, 7) is 0. The maximum atomic E-state index is 12.9. The predicted molar refractivity (Wildman–Crippen MR) is 121 cm³/mol. The number of anilines is 1. The van der Waals surface area contributed by atoms with Crippen LogP contribution in [0.25, 0.3) is 22.6 Å². The highest BCUT2D eigenvalue weighted by Gasteiger charge is 2.51.